The number of hydrogen-bond acceptors (Lipinski definition) is 6. The molecule has 3 aromatic rings. The van der Waals surface area contributed by atoms with Crippen LogP contribution in [0.4, 0.5) is 13.2 Å². The van der Waals surface area contributed by atoms with Crippen molar-refractivity contribution in [1.29, 1.82) is 0 Å². The van der Waals surface area contributed by atoms with Crippen molar-refractivity contribution < 1.29 is 32.2 Å². The summed E-state index contributed by atoms with van der Waals surface area (Å²) in [5.41, 5.74) is 0.798. The quantitative estimate of drug-likeness (QED) is 0.480. The van der Waals surface area contributed by atoms with Gasteiger partial charge >= 0.3 is 12.1 Å². The summed E-state index contributed by atoms with van der Waals surface area (Å²) in [5.74, 6) is 0.538. The average molecular weight is 437 g/mol. The normalized spacial score (nSPS) is 11.2. The molecule has 0 aliphatic carbocycles. The van der Waals surface area contributed by atoms with Crippen molar-refractivity contribution in [2.75, 3.05) is 14.2 Å². The highest BCUT2D eigenvalue weighted by atomic mass is 32.1. The zero-order chi connectivity index (χ0) is 21.7. The van der Waals surface area contributed by atoms with Crippen molar-refractivity contribution in [1.82, 2.24) is 4.98 Å². The first-order valence-corrected chi connectivity index (χ1v) is 9.66. The summed E-state index contributed by atoms with van der Waals surface area (Å²) in [4.78, 5) is 16.5. The molecule has 0 radical (unpaired) electrons. The lowest BCUT2D eigenvalue weighted by Crippen LogP contribution is -2.10. The summed E-state index contributed by atoms with van der Waals surface area (Å²) in [7, 11) is 3.09. The van der Waals surface area contributed by atoms with Crippen LogP contribution in [0, 0.1) is 0 Å². The third kappa shape index (κ3) is 5.29. The summed E-state index contributed by atoms with van der Waals surface area (Å²) in [6.07, 6.45) is -4.71. The second kappa shape index (κ2) is 9.17. The van der Waals surface area contributed by atoms with E-state index in [1.807, 2.05) is 6.07 Å². The molecule has 158 valence electrons. The van der Waals surface area contributed by atoms with Crippen LogP contribution in [0.25, 0.3) is 10.6 Å². The summed E-state index contributed by atoms with van der Waals surface area (Å²) in [6.45, 7) is -0.0679. The van der Waals surface area contributed by atoms with Crippen molar-refractivity contribution in [3.8, 4) is 22.1 Å². The molecular formula is C21H18F3NO4S. The predicted molar refractivity (Wildman–Crippen MR) is 106 cm³/mol. The molecule has 0 aliphatic rings. The van der Waals surface area contributed by atoms with Gasteiger partial charge in [-0.25, -0.2) is 4.98 Å². The first-order chi connectivity index (χ1) is 14.3. The highest BCUT2D eigenvalue weighted by Crippen LogP contribution is 2.33. The highest BCUT2D eigenvalue weighted by molar-refractivity contribution is 7.13. The summed E-state index contributed by atoms with van der Waals surface area (Å²) < 4.78 is 54.0. The Morgan fingerprint density at radius 2 is 1.83 bits per heavy atom. The van der Waals surface area contributed by atoms with Crippen LogP contribution in [-0.2, 0) is 28.7 Å². The van der Waals surface area contributed by atoms with Crippen LogP contribution >= 0.6 is 11.3 Å². The number of ether oxygens (including phenoxy) is 3. The van der Waals surface area contributed by atoms with Crippen molar-refractivity contribution in [2.45, 2.75) is 19.2 Å². The number of carbonyl (C=O) groups is 1. The van der Waals surface area contributed by atoms with E-state index in [4.69, 9.17) is 14.2 Å². The first-order valence-electron chi connectivity index (χ1n) is 8.78. The minimum Gasteiger partial charge on any atom is -0.493 e. The maximum absolute atomic E-state index is 12.8. The summed E-state index contributed by atoms with van der Waals surface area (Å²) >= 11 is 1.37. The largest absolute Gasteiger partial charge is 0.493 e. The number of thiazole rings is 1. The Bertz CT molecular complexity index is 1030. The zero-order valence-electron chi connectivity index (χ0n) is 16.2. The number of carbonyl (C=O) groups excluding carboxylic acids is 1. The molecule has 0 saturated heterocycles. The molecule has 1 heterocycles. The number of rotatable bonds is 7. The second-order valence-electron chi connectivity index (χ2n) is 6.25. The number of esters is 1. The van der Waals surface area contributed by atoms with Crippen LogP contribution in [-0.4, -0.2) is 25.2 Å². The van der Waals surface area contributed by atoms with Gasteiger partial charge in [0.1, 0.15) is 11.6 Å². The molecule has 1 aromatic heterocycles. The van der Waals surface area contributed by atoms with Gasteiger partial charge in [-0.2, -0.15) is 13.2 Å². The van der Waals surface area contributed by atoms with Gasteiger partial charge in [-0.3, -0.25) is 4.79 Å². The van der Waals surface area contributed by atoms with Gasteiger partial charge in [-0.05, 0) is 29.8 Å². The lowest BCUT2D eigenvalue weighted by molar-refractivity contribution is -0.144. The van der Waals surface area contributed by atoms with E-state index in [1.165, 1.54) is 23.5 Å². The van der Waals surface area contributed by atoms with E-state index in [9.17, 15) is 18.0 Å². The Morgan fingerprint density at radius 3 is 2.53 bits per heavy atom. The van der Waals surface area contributed by atoms with E-state index >= 15 is 0 Å². The van der Waals surface area contributed by atoms with Gasteiger partial charge in [0.25, 0.3) is 0 Å². The fraction of sp³-hybridized carbons (Fsp3) is 0.238. The molecule has 9 heteroatoms. The SMILES string of the molecule is COc1ccc(-c2nc(COC(=O)Cc3cccc(C(F)(F)F)c3)cs2)cc1OC. The van der Waals surface area contributed by atoms with Crippen molar-refractivity contribution >= 4 is 17.3 Å². The Labute approximate surface area is 175 Å². The Balaban J connectivity index is 1.61. The average Bonchev–Trinajstić information content (AvgIpc) is 3.20. The van der Waals surface area contributed by atoms with Crippen LogP contribution in [0.2, 0.25) is 0 Å². The Hall–Kier alpha value is -3.07. The number of nitrogens with zero attached hydrogens (tertiary/aromatic N) is 1. The van der Waals surface area contributed by atoms with Crippen molar-refractivity contribution in [3.63, 3.8) is 0 Å². The van der Waals surface area contributed by atoms with Crippen molar-refractivity contribution in [2.24, 2.45) is 0 Å². The minimum absolute atomic E-state index is 0.0679. The van der Waals surface area contributed by atoms with E-state index in [-0.39, 0.29) is 18.6 Å². The monoisotopic (exact) mass is 437 g/mol. The molecule has 0 saturated carbocycles. The summed E-state index contributed by atoms with van der Waals surface area (Å²) in [6, 6.07) is 10.0. The number of methoxy groups -OCH3 is 2. The topological polar surface area (TPSA) is 57.7 Å². The molecule has 0 aliphatic heterocycles. The Morgan fingerprint density at radius 1 is 1.07 bits per heavy atom. The van der Waals surface area contributed by atoms with Gasteiger partial charge in [0.2, 0.25) is 0 Å². The molecule has 0 N–H and O–H groups in total. The number of halogens is 3. The molecular weight excluding hydrogens is 419 g/mol. The van der Waals surface area contributed by atoms with E-state index in [0.29, 0.717) is 22.2 Å². The van der Waals surface area contributed by atoms with Crippen LogP contribution in [0.15, 0.2) is 47.8 Å². The van der Waals surface area contributed by atoms with E-state index in [2.05, 4.69) is 4.98 Å². The molecule has 0 bridgehead atoms. The predicted octanol–water partition coefficient (Wildman–Crippen LogP) is 5.13. The standard InChI is InChI=1S/C21H18F3NO4S/c1-27-17-7-6-14(10-18(17)28-2)20-25-16(12-30-20)11-29-19(26)9-13-4-3-5-15(8-13)21(22,23)24/h3-8,10,12H,9,11H2,1-2H3. The van der Waals surface area contributed by atoms with Gasteiger partial charge in [-0.1, -0.05) is 18.2 Å². The van der Waals surface area contributed by atoms with Gasteiger partial charge < -0.3 is 14.2 Å². The van der Waals surface area contributed by atoms with E-state index < -0.39 is 17.7 Å². The maximum atomic E-state index is 12.8. The molecule has 5 nitrogen and oxygen atoms in total. The molecule has 30 heavy (non-hydrogen) atoms. The number of hydrogen-bond donors (Lipinski definition) is 0. The lowest BCUT2D eigenvalue weighted by atomic mass is 10.1. The number of aromatic nitrogens is 1. The van der Waals surface area contributed by atoms with E-state index in [1.54, 1.807) is 31.7 Å². The van der Waals surface area contributed by atoms with Gasteiger partial charge in [-0.15, -0.1) is 11.3 Å². The molecule has 0 fully saturated rings. The van der Waals surface area contributed by atoms with Crippen LogP contribution in [0.5, 0.6) is 11.5 Å². The van der Waals surface area contributed by atoms with Gasteiger partial charge in [0, 0.05) is 10.9 Å². The highest BCUT2D eigenvalue weighted by Gasteiger charge is 2.30. The first kappa shape index (κ1) is 21.6. The van der Waals surface area contributed by atoms with Gasteiger partial charge in [0.05, 0.1) is 31.9 Å². The molecule has 0 atom stereocenters. The fourth-order valence-corrected chi connectivity index (χ4v) is 3.51. The van der Waals surface area contributed by atoms with Crippen LogP contribution < -0.4 is 9.47 Å². The second-order valence-corrected chi connectivity index (χ2v) is 7.11. The molecule has 3 rings (SSSR count). The van der Waals surface area contributed by atoms with Crippen molar-refractivity contribution in [3.05, 3.63) is 64.7 Å². The van der Waals surface area contributed by atoms with Gasteiger partial charge in [0.15, 0.2) is 11.5 Å². The van der Waals surface area contributed by atoms with E-state index in [0.717, 1.165) is 17.7 Å². The molecule has 0 amide bonds. The molecule has 0 spiro atoms. The molecule has 0 unspecified atom stereocenters. The van der Waals surface area contributed by atoms with Crippen LogP contribution in [0.1, 0.15) is 16.8 Å². The number of alkyl halides is 3. The lowest BCUT2D eigenvalue weighted by Gasteiger charge is -2.08. The third-order valence-electron chi connectivity index (χ3n) is 4.17. The minimum atomic E-state index is -4.46. The zero-order valence-corrected chi connectivity index (χ0v) is 17.0. The summed E-state index contributed by atoms with van der Waals surface area (Å²) in [5, 5.41) is 2.46. The fourth-order valence-electron chi connectivity index (χ4n) is 2.70. The maximum Gasteiger partial charge on any atom is 0.416 e. The Kier molecular flexibility index (Phi) is 6.61. The molecule has 2 aromatic carbocycles. The number of benzene rings is 2. The smallest absolute Gasteiger partial charge is 0.416 e. The third-order valence-corrected chi connectivity index (χ3v) is 5.11. The van der Waals surface area contributed by atoms with Crippen LogP contribution in [0.3, 0.4) is 0 Å².